The topological polar surface area (TPSA) is 75.4 Å². The maximum Gasteiger partial charge on any atom is 0.291 e. The first-order chi connectivity index (χ1) is 15.2. The molecule has 0 aliphatic carbocycles. The molecule has 4 aromatic rings. The van der Waals surface area contributed by atoms with Gasteiger partial charge in [-0.3, -0.25) is 4.79 Å². The van der Waals surface area contributed by atoms with Gasteiger partial charge in [-0.25, -0.2) is 9.98 Å². The van der Waals surface area contributed by atoms with Crippen molar-refractivity contribution in [2.75, 3.05) is 10.2 Å². The Balaban J connectivity index is 1.67. The summed E-state index contributed by atoms with van der Waals surface area (Å²) in [6, 6.07) is 23.4. The van der Waals surface area contributed by atoms with E-state index >= 15 is 0 Å². The summed E-state index contributed by atoms with van der Waals surface area (Å²) in [6.07, 6.45) is 1.72. The monoisotopic (exact) mass is 406 g/mol. The van der Waals surface area contributed by atoms with Crippen LogP contribution < -0.4 is 10.2 Å². The summed E-state index contributed by atoms with van der Waals surface area (Å²) < 4.78 is 1.72. The molecule has 0 radical (unpaired) electrons. The maximum atomic E-state index is 13.1. The molecular formula is C24H18N6O. The van der Waals surface area contributed by atoms with Crippen LogP contribution in [0.25, 0.3) is 5.82 Å². The molecule has 0 spiro atoms. The number of aliphatic imine (C=N–C) groups is 1. The molecule has 2 aromatic carbocycles. The van der Waals surface area contributed by atoms with Crippen molar-refractivity contribution < 1.29 is 4.79 Å². The van der Waals surface area contributed by atoms with Crippen LogP contribution in [0.4, 0.5) is 17.2 Å². The quantitative estimate of drug-likeness (QED) is 0.542. The number of amidine groups is 1. The van der Waals surface area contributed by atoms with E-state index in [9.17, 15) is 4.79 Å². The molecule has 0 unspecified atom stereocenters. The van der Waals surface area contributed by atoms with E-state index in [1.54, 1.807) is 10.9 Å². The Hall–Kier alpha value is -4.26. The number of hydrogen-bond acceptors (Lipinski definition) is 5. The predicted octanol–water partition coefficient (Wildman–Crippen LogP) is 4.17. The lowest BCUT2D eigenvalue weighted by Crippen LogP contribution is -2.48. The first kappa shape index (κ1) is 17.6. The molecule has 1 amide bonds. The number of benzene rings is 2. The van der Waals surface area contributed by atoms with Gasteiger partial charge in [-0.15, -0.1) is 0 Å². The Kier molecular flexibility index (Phi) is 3.76. The van der Waals surface area contributed by atoms with Crippen LogP contribution in [0, 0.1) is 6.92 Å². The lowest BCUT2D eigenvalue weighted by molar-refractivity contribution is -0.110. The van der Waals surface area contributed by atoms with Crippen LogP contribution in [0.5, 0.6) is 0 Å². The standard InChI is InChI=1S/C24H18N6O/c1-15-20-21(16-9-3-2-4-10-16)29-18-12-6-5-11-17(18)26-24(31)23(29)27-22(20)30(28-15)19-13-7-8-14-25-19/h2-14,21H,1H3,(H,26,31)/t21-/m0/s1. The van der Waals surface area contributed by atoms with E-state index in [4.69, 9.17) is 10.1 Å². The molecule has 0 bridgehead atoms. The van der Waals surface area contributed by atoms with E-state index in [1.807, 2.05) is 72.5 Å². The van der Waals surface area contributed by atoms with Crippen molar-refractivity contribution in [3.8, 4) is 5.82 Å². The summed E-state index contributed by atoms with van der Waals surface area (Å²) in [5, 5.41) is 7.74. The zero-order valence-electron chi connectivity index (χ0n) is 16.7. The molecular weight excluding hydrogens is 388 g/mol. The number of nitrogens with zero attached hydrogens (tertiary/aromatic N) is 5. The van der Waals surface area contributed by atoms with Gasteiger partial charge in [-0.2, -0.15) is 9.78 Å². The lowest BCUT2D eigenvalue weighted by Gasteiger charge is -2.40. The Bertz CT molecular complexity index is 1340. The van der Waals surface area contributed by atoms with E-state index in [-0.39, 0.29) is 11.9 Å². The van der Waals surface area contributed by atoms with Crippen molar-refractivity contribution in [2.45, 2.75) is 13.0 Å². The summed E-state index contributed by atoms with van der Waals surface area (Å²) in [6.45, 7) is 1.98. The number of nitrogens with one attached hydrogen (secondary N) is 1. The number of fused-ring (bicyclic) bond motifs is 4. The van der Waals surface area contributed by atoms with Crippen molar-refractivity contribution in [3.05, 3.63) is 95.8 Å². The molecule has 31 heavy (non-hydrogen) atoms. The number of carbonyl (C=O) groups excluding carboxylic acids is 1. The highest BCUT2D eigenvalue weighted by Crippen LogP contribution is 2.47. The third kappa shape index (κ3) is 2.60. The molecule has 1 atom stereocenters. The van der Waals surface area contributed by atoms with Crippen molar-refractivity contribution in [1.29, 1.82) is 0 Å². The van der Waals surface area contributed by atoms with Gasteiger partial charge in [-0.1, -0.05) is 48.5 Å². The molecule has 4 heterocycles. The minimum absolute atomic E-state index is 0.239. The maximum absolute atomic E-state index is 13.1. The fourth-order valence-corrected chi connectivity index (χ4v) is 4.33. The van der Waals surface area contributed by atoms with Crippen LogP contribution in [0.1, 0.15) is 22.9 Å². The minimum atomic E-state index is -0.242. The highest BCUT2D eigenvalue weighted by Gasteiger charge is 2.42. The van der Waals surface area contributed by atoms with Crippen molar-refractivity contribution in [2.24, 2.45) is 4.99 Å². The molecule has 7 nitrogen and oxygen atoms in total. The number of aryl methyl sites for hydroxylation is 1. The predicted molar refractivity (Wildman–Crippen MR) is 119 cm³/mol. The molecule has 1 N–H and O–H groups in total. The van der Waals surface area contributed by atoms with Crippen LogP contribution >= 0.6 is 0 Å². The van der Waals surface area contributed by atoms with E-state index in [0.29, 0.717) is 17.5 Å². The van der Waals surface area contributed by atoms with E-state index in [0.717, 1.165) is 28.2 Å². The Labute approximate surface area is 178 Å². The summed E-state index contributed by atoms with van der Waals surface area (Å²) in [5.74, 6) is 1.40. The normalized spacial score (nSPS) is 16.7. The number of hydrogen-bond donors (Lipinski definition) is 1. The molecule has 6 rings (SSSR count). The largest absolute Gasteiger partial charge is 0.317 e. The number of anilines is 2. The summed E-state index contributed by atoms with van der Waals surface area (Å²) >= 11 is 0. The van der Waals surface area contributed by atoms with Gasteiger partial charge in [0.2, 0.25) is 5.84 Å². The number of carbonyl (C=O) groups is 1. The number of amides is 1. The smallest absolute Gasteiger partial charge is 0.291 e. The number of pyridine rings is 1. The number of para-hydroxylation sites is 2. The van der Waals surface area contributed by atoms with Crippen molar-refractivity contribution in [3.63, 3.8) is 0 Å². The highest BCUT2D eigenvalue weighted by molar-refractivity contribution is 6.50. The highest BCUT2D eigenvalue weighted by atomic mass is 16.2. The van der Waals surface area contributed by atoms with Crippen LogP contribution in [-0.2, 0) is 4.79 Å². The SMILES string of the molecule is Cc1nn(-c2ccccn2)c2c1[C@H](c1ccccc1)N1C(=N2)C(=O)Nc2ccccc21. The fraction of sp³-hybridized carbons (Fsp3) is 0.0833. The third-order valence-corrected chi connectivity index (χ3v) is 5.65. The Morgan fingerprint density at radius 3 is 2.52 bits per heavy atom. The van der Waals surface area contributed by atoms with Gasteiger partial charge in [0, 0.05) is 11.8 Å². The van der Waals surface area contributed by atoms with Crippen LogP contribution in [-0.4, -0.2) is 26.5 Å². The zero-order chi connectivity index (χ0) is 20.9. The van der Waals surface area contributed by atoms with Gasteiger partial charge < -0.3 is 10.2 Å². The molecule has 0 saturated heterocycles. The summed E-state index contributed by atoms with van der Waals surface area (Å²) in [7, 11) is 0. The molecule has 7 heteroatoms. The zero-order valence-corrected chi connectivity index (χ0v) is 16.7. The second kappa shape index (κ2) is 6.63. The fourth-order valence-electron chi connectivity index (χ4n) is 4.33. The minimum Gasteiger partial charge on any atom is -0.317 e. The van der Waals surface area contributed by atoms with Crippen LogP contribution in [0.2, 0.25) is 0 Å². The van der Waals surface area contributed by atoms with Gasteiger partial charge in [-0.05, 0) is 36.8 Å². The van der Waals surface area contributed by atoms with Gasteiger partial charge in [0.15, 0.2) is 11.6 Å². The van der Waals surface area contributed by atoms with Gasteiger partial charge >= 0.3 is 0 Å². The average molecular weight is 406 g/mol. The van der Waals surface area contributed by atoms with E-state index in [2.05, 4.69) is 22.4 Å². The van der Waals surface area contributed by atoms with Gasteiger partial charge in [0.1, 0.15) is 0 Å². The third-order valence-electron chi connectivity index (χ3n) is 5.65. The first-order valence-corrected chi connectivity index (χ1v) is 10.1. The van der Waals surface area contributed by atoms with Gasteiger partial charge in [0.25, 0.3) is 5.91 Å². The van der Waals surface area contributed by atoms with Gasteiger partial charge in [0.05, 0.1) is 23.1 Å². The van der Waals surface area contributed by atoms with Crippen LogP contribution in [0.3, 0.4) is 0 Å². The van der Waals surface area contributed by atoms with E-state index < -0.39 is 0 Å². The second-order valence-electron chi connectivity index (χ2n) is 7.51. The molecule has 150 valence electrons. The number of aromatic nitrogens is 3. The second-order valence-corrected chi connectivity index (χ2v) is 7.51. The van der Waals surface area contributed by atoms with Crippen molar-refractivity contribution >= 4 is 28.9 Å². The first-order valence-electron chi connectivity index (χ1n) is 10.1. The van der Waals surface area contributed by atoms with E-state index in [1.165, 1.54) is 0 Å². The molecule has 2 aromatic heterocycles. The summed E-state index contributed by atoms with van der Waals surface area (Å²) in [4.78, 5) is 24.4. The Morgan fingerprint density at radius 1 is 0.935 bits per heavy atom. The van der Waals surface area contributed by atoms with Crippen LogP contribution in [0.15, 0.2) is 84.0 Å². The molecule has 0 saturated carbocycles. The number of rotatable bonds is 2. The lowest BCUT2D eigenvalue weighted by atomic mass is 9.93. The Morgan fingerprint density at radius 2 is 1.71 bits per heavy atom. The molecule has 2 aliphatic rings. The average Bonchev–Trinajstić information content (AvgIpc) is 3.15. The molecule has 0 fully saturated rings. The summed E-state index contributed by atoms with van der Waals surface area (Å²) in [5.41, 5.74) is 4.55. The van der Waals surface area contributed by atoms with Crippen molar-refractivity contribution in [1.82, 2.24) is 14.8 Å². The molecule has 2 aliphatic heterocycles.